The van der Waals surface area contributed by atoms with Gasteiger partial charge in [-0.25, -0.2) is 4.98 Å². The average Bonchev–Trinajstić information content (AvgIpc) is 2.94. The molecule has 0 amide bonds. The third-order valence-electron chi connectivity index (χ3n) is 3.86. The monoisotopic (exact) mass is 334 g/mol. The molecule has 0 spiro atoms. The van der Waals surface area contributed by atoms with Gasteiger partial charge in [0.15, 0.2) is 0 Å². The zero-order valence-corrected chi connectivity index (χ0v) is 13.7. The van der Waals surface area contributed by atoms with E-state index < -0.39 is 0 Å². The molecule has 1 N–H and O–H groups in total. The predicted octanol–water partition coefficient (Wildman–Crippen LogP) is 2.91. The van der Waals surface area contributed by atoms with E-state index in [0.717, 1.165) is 35.3 Å². The van der Waals surface area contributed by atoms with Gasteiger partial charge >= 0.3 is 0 Å². The molecule has 5 heteroatoms. The lowest BCUT2D eigenvalue weighted by atomic mass is 10.1. The van der Waals surface area contributed by atoms with Crippen molar-refractivity contribution in [1.29, 1.82) is 0 Å². The predicted molar refractivity (Wildman–Crippen MR) is 86.4 cm³/mol. The number of hydrogen-bond acceptors (Lipinski definition) is 2. The minimum absolute atomic E-state index is 0.956. The highest BCUT2D eigenvalue weighted by Crippen LogP contribution is 2.28. The van der Waals surface area contributed by atoms with E-state index in [1.807, 2.05) is 7.05 Å². The molecule has 106 valence electrons. The lowest BCUT2D eigenvalue weighted by Gasteiger charge is -2.03. The van der Waals surface area contributed by atoms with Crippen LogP contribution in [0.25, 0.3) is 16.8 Å². The second-order valence-electron chi connectivity index (χ2n) is 5.07. The van der Waals surface area contributed by atoms with Crippen molar-refractivity contribution < 1.29 is 0 Å². The van der Waals surface area contributed by atoms with Gasteiger partial charge < -0.3 is 9.88 Å². The van der Waals surface area contributed by atoms with Crippen molar-refractivity contribution in [3.8, 4) is 0 Å². The second-order valence-corrected chi connectivity index (χ2v) is 5.83. The minimum atomic E-state index is 0.956. The number of rotatable bonds is 4. The molecule has 0 saturated carbocycles. The van der Waals surface area contributed by atoms with Gasteiger partial charge in [-0.2, -0.15) is 0 Å². The van der Waals surface area contributed by atoms with Gasteiger partial charge in [0, 0.05) is 20.0 Å². The van der Waals surface area contributed by atoms with Crippen LogP contribution in [0.15, 0.2) is 22.8 Å². The van der Waals surface area contributed by atoms with Gasteiger partial charge in [0.25, 0.3) is 0 Å². The Kier molecular flexibility index (Phi) is 3.56. The third kappa shape index (κ3) is 1.96. The smallest absolute Gasteiger partial charge is 0.215 e. The molecular formula is C15H19BrN4. The summed E-state index contributed by atoms with van der Waals surface area (Å²) in [7, 11) is 4.06. The zero-order chi connectivity index (χ0) is 14.3. The Bertz CT molecular complexity index is 769. The summed E-state index contributed by atoms with van der Waals surface area (Å²) in [6, 6.07) is 6.51. The maximum atomic E-state index is 4.76. The fourth-order valence-electron chi connectivity index (χ4n) is 2.65. The van der Waals surface area contributed by atoms with E-state index in [0.29, 0.717) is 0 Å². The summed E-state index contributed by atoms with van der Waals surface area (Å²) in [5, 5.41) is 3.20. The summed E-state index contributed by atoms with van der Waals surface area (Å²) in [5.74, 6) is 0.992. The normalized spacial score (nSPS) is 11.8. The summed E-state index contributed by atoms with van der Waals surface area (Å²) < 4.78 is 5.49. The molecule has 0 radical (unpaired) electrons. The molecule has 0 atom stereocenters. The van der Waals surface area contributed by atoms with Gasteiger partial charge in [-0.15, -0.1) is 0 Å². The van der Waals surface area contributed by atoms with Gasteiger partial charge in [-0.1, -0.05) is 13.0 Å². The highest BCUT2D eigenvalue weighted by atomic mass is 79.9. The van der Waals surface area contributed by atoms with Crippen molar-refractivity contribution in [3.05, 3.63) is 34.1 Å². The van der Waals surface area contributed by atoms with Gasteiger partial charge in [-0.05, 0) is 47.1 Å². The Morgan fingerprint density at radius 2 is 2.15 bits per heavy atom. The molecule has 2 heterocycles. The van der Waals surface area contributed by atoms with Crippen molar-refractivity contribution in [2.75, 3.05) is 13.6 Å². The number of benzene rings is 1. The minimum Gasteiger partial charge on any atom is -0.319 e. The van der Waals surface area contributed by atoms with Crippen LogP contribution >= 0.6 is 15.9 Å². The quantitative estimate of drug-likeness (QED) is 0.796. The van der Waals surface area contributed by atoms with Crippen LogP contribution in [0.5, 0.6) is 0 Å². The van der Waals surface area contributed by atoms with Crippen LogP contribution in [-0.4, -0.2) is 27.5 Å². The number of likely N-dealkylation sites (N-methyl/N-ethyl adjacent to an activating group) is 1. The number of aryl methyl sites for hydroxylation is 2. The summed E-state index contributed by atoms with van der Waals surface area (Å²) in [6.07, 6.45) is 2.02. The highest BCUT2D eigenvalue weighted by molar-refractivity contribution is 9.10. The SMILES string of the molecule is CCc1ccc2nc3n(C)c(CCNC)c(Br)n3c2c1. The van der Waals surface area contributed by atoms with Crippen molar-refractivity contribution in [3.63, 3.8) is 0 Å². The zero-order valence-electron chi connectivity index (χ0n) is 12.1. The first-order valence-electron chi connectivity index (χ1n) is 6.96. The van der Waals surface area contributed by atoms with Gasteiger partial charge in [-0.3, -0.25) is 4.40 Å². The van der Waals surface area contributed by atoms with Crippen LogP contribution in [0, 0.1) is 0 Å². The number of nitrogens with zero attached hydrogens (tertiary/aromatic N) is 3. The molecule has 2 aromatic heterocycles. The number of fused-ring (bicyclic) bond motifs is 3. The maximum absolute atomic E-state index is 4.76. The molecule has 0 aliphatic rings. The number of hydrogen-bond donors (Lipinski definition) is 1. The van der Waals surface area contributed by atoms with E-state index in [1.54, 1.807) is 0 Å². The van der Waals surface area contributed by atoms with Gasteiger partial charge in [0.2, 0.25) is 5.78 Å². The Labute approximate surface area is 126 Å². The topological polar surface area (TPSA) is 34.3 Å². The molecule has 0 saturated heterocycles. The standard InChI is InChI=1S/C15H19BrN4/c1-4-10-5-6-11-13(9-10)20-14(16)12(7-8-17-2)19(3)15(20)18-11/h5-6,9,17H,4,7-8H2,1-3H3. The summed E-state index contributed by atoms with van der Waals surface area (Å²) in [6.45, 7) is 3.13. The largest absolute Gasteiger partial charge is 0.319 e. The van der Waals surface area contributed by atoms with Crippen molar-refractivity contribution >= 4 is 32.7 Å². The first-order valence-corrected chi connectivity index (χ1v) is 7.75. The first kappa shape index (κ1) is 13.6. The Hall–Kier alpha value is -1.33. The van der Waals surface area contributed by atoms with Crippen LogP contribution < -0.4 is 5.32 Å². The van der Waals surface area contributed by atoms with Crippen LogP contribution in [0.1, 0.15) is 18.2 Å². The van der Waals surface area contributed by atoms with E-state index >= 15 is 0 Å². The lowest BCUT2D eigenvalue weighted by molar-refractivity contribution is 0.741. The molecule has 3 rings (SSSR count). The van der Waals surface area contributed by atoms with Crippen molar-refractivity contribution in [1.82, 2.24) is 19.3 Å². The number of aromatic nitrogens is 3. The molecule has 3 aromatic rings. The van der Waals surface area contributed by atoms with Crippen LogP contribution in [0.2, 0.25) is 0 Å². The molecule has 0 bridgehead atoms. The molecule has 0 fully saturated rings. The fraction of sp³-hybridized carbons (Fsp3) is 0.400. The Balaban J connectivity index is 2.27. The van der Waals surface area contributed by atoms with E-state index in [2.05, 4.69) is 62.4 Å². The highest BCUT2D eigenvalue weighted by Gasteiger charge is 2.17. The molecule has 0 aliphatic carbocycles. The summed E-state index contributed by atoms with van der Waals surface area (Å²) in [4.78, 5) is 4.76. The molecule has 20 heavy (non-hydrogen) atoms. The number of nitrogens with one attached hydrogen (secondary N) is 1. The van der Waals surface area contributed by atoms with Crippen molar-refractivity contribution in [2.45, 2.75) is 19.8 Å². The number of imidazole rings is 2. The number of halogens is 1. The molecule has 1 aromatic carbocycles. The van der Waals surface area contributed by atoms with E-state index in [1.165, 1.54) is 16.8 Å². The summed E-state index contributed by atoms with van der Waals surface area (Å²) in [5.41, 5.74) is 4.84. The molecule has 0 aliphatic heterocycles. The first-order chi connectivity index (χ1) is 9.67. The van der Waals surface area contributed by atoms with Crippen LogP contribution in [0.4, 0.5) is 0 Å². The Morgan fingerprint density at radius 3 is 2.85 bits per heavy atom. The molecule has 0 unspecified atom stereocenters. The van der Waals surface area contributed by atoms with E-state index in [9.17, 15) is 0 Å². The molecule has 4 nitrogen and oxygen atoms in total. The van der Waals surface area contributed by atoms with Crippen molar-refractivity contribution in [2.24, 2.45) is 7.05 Å². The molecular weight excluding hydrogens is 316 g/mol. The summed E-state index contributed by atoms with van der Waals surface area (Å²) >= 11 is 3.75. The van der Waals surface area contributed by atoms with E-state index in [4.69, 9.17) is 4.98 Å². The van der Waals surface area contributed by atoms with Gasteiger partial charge in [0.1, 0.15) is 4.60 Å². The third-order valence-corrected chi connectivity index (χ3v) is 4.67. The fourth-order valence-corrected chi connectivity index (χ4v) is 3.46. The average molecular weight is 335 g/mol. The van der Waals surface area contributed by atoms with Crippen LogP contribution in [-0.2, 0) is 19.9 Å². The lowest BCUT2D eigenvalue weighted by Crippen LogP contribution is -2.12. The Morgan fingerprint density at radius 1 is 1.35 bits per heavy atom. The maximum Gasteiger partial charge on any atom is 0.215 e. The van der Waals surface area contributed by atoms with Gasteiger partial charge in [0.05, 0.1) is 16.7 Å². The van der Waals surface area contributed by atoms with E-state index in [-0.39, 0.29) is 0 Å². The second kappa shape index (κ2) is 5.22. The van der Waals surface area contributed by atoms with Crippen LogP contribution in [0.3, 0.4) is 0 Å².